The first-order chi connectivity index (χ1) is 36.9. The summed E-state index contributed by atoms with van der Waals surface area (Å²) < 4.78 is 0. The Hall–Kier alpha value is -6.86. The zero-order valence-electron chi connectivity index (χ0n) is 44.3. The van der Waals surface area contributed by atoms with E-state index < -0.39 is 10.8 Å². The zero-order valence-corrected chi connectivity index (χ0v) is 46.7. The molecule has 0 amide bonds. The van der Waals surface area contributed by atoms with E-state index in [4.69, 9.17) is 23.2 Å². The van der Waals surface area contributed by atoms with Gasteiger partial charge < -0.3 is 9.80 Å². The van der Waals surface area contributed by atoms with Crippen LogP contribution in [0.1, 0.15) is 94.9 Å². The normalized spacial score (nSPS) is 15.0. The van der Waals surface area contributed by atoms with E-state index in [9.17, 15) is 9.59 Å². The second kappa shape index (κ2) is 26.0. The number of fused-ring (bicyclic) bond motifs is 2. The Morgan fingerprint density at radius 1 is 0.455 bits per heavy atom. The summed E-state index contributed by atoms with van der Waals surface area (Å²) in [5.74, 6) is 0.882. The molecule has 77 heavy (non-hydrogen) atoms. The molecule has 0 aliphatic carbocycles. The van der Waals surface area contributed by atoms with Crippen LogP contribution >= 0.6 is 23.2 Å². The number of carbonyl (C=O) groups excluding carboxylic acids is 2. The van der Waals surface area contributed by atoms with Gasteiger partial charge in [-0.15, -0.1) is 0 Å². The molecule has 2 aliphatic heterocycles. The van der Waals surface area contributed by atoms with Crippen molar-refractivity contribution in [2.75, 3.05) is 22.9 Å². The van der Waals surface area contributed by atoms with Gasteiger partial charge in [0.2, 0.25) is 11.6 Å². The minimum atomic E-state index is -0.482. The molecule has 393 valence electrons. The Labute approximate surface area is 476 Å². The molecule has 9 heteroatoms. The molecule has 0 fully saturated rings. The fourth-order valence-electron chi connectivity index (χ4n) is 11.1. The fourth-order valence-corrected chi connectivity index (χ4v) is 11.4. The Morgan fingerprint density at radius 3 is 1.05 bits per heavy atom. The van der Waals surface area contributed by atoms with Gasteiger partial charge in [-0.25, -0.2) is 0 Å². The predicted octanol–water partition coefficient (Wildman–Crippen LogP) is 16.2. The third-order valence-corrected chi connectivity index (χ3v) is 15.2. The van der Waals surface area contributed by atoms with E-state index in [1.165, 1.54) is 33.4 Å². The number of carbonyl (C=O) groups is 2. The molecule has 1 radical (unpaired) electrons. The Morgan fingerprint density at radius 2 is 0.766 bits per heavy atom. The first-order valence-electron chi connectivity index (χ1n) is 26.6. The number of nitrogens with zero attached hydrogens (tertiary/aromatic N) is 4. The van der Waals surface area contributed by atoms with Crippen LogP contribution < -0.4 is 9.80 Å². The second-order valence-electron chi connectivity index (χ2n) is 21.0. The average Bonchev–Trinajstić information content (AvgIpc) is 3.95. The van der Waals surface area contributed by atoms with Crippen molar-refractivity contribution in [2.45, 2.75) is 77.0 Å². The topological polar surface area (TPSA) is 66.4 Å². The number of allylic oxidation sites excluding steroid dienone is 4. The number of rotatable bonds is 18. The van der Waals surface area contributed by atoms with Gasteiger partial charge in [0.1, 0.15) is 11.4 Å². The van der Waals surface area contributed by atoms with Gasteiger partial charge in [-0.3, -0.25) is 19.6 Å². The van der Waals surface area contributed by atoms with Crippen molar-refractivity contribution < 1.29 is 26.7 Å². The summed E-state index contributed by atoms with van der Waals surface area (Å²) in [5.41, 5.74) is 11.4. The molecule has 6 nitrogen and oxygen atoms in total. The maximum Gasteiger partial charge on any atom is 2.00 e. The average molecular weight is 1110 g/mol. The molecule has 6 aromatic carbocycles. The van der Waals surface area contributed by atoms with Crippen LogP contribution in [0.3, 0.4) is 0 Å². The maximum atomic E-state index is 13.7. The molecule has 4 heterocycles. The van der Waals surface area contributed by atoms with Gasteiger partial charge in [-0.2, -0.15) is 0 Å². The molecule has 10 rings (SSSR count). The van der Waals surface area contributed by atoms with Gasteiger partial charge in [0.15, 0.2) is 0 Å². The third-order valence-electron chi connectivity index (χ3n) is 14.7. The van der Waals surface area contributed by atoms with Crippen LogP contribution in [0.25, 0.3) is 0 Å². The van der Waals surface area contributed by atoms with E-state index in [-0.39, 0.29) is 28.6 Å². The van der Waals surface area contributed by atoms with E-state index in [0.717, 1.165) is 74.4 Å². The first-order valence-corrected chi connectivity index (χ1v) is 27.3. The van der Waals surface area contributed by atoms with Crippen molar-refractivity contribution in [1.29, 1.82) is 0 Å². The van der Waals surface area contributed by atoms with Crippen molar-refractivity contribution in [1.82, 2.24) is 9.97 Å². The summed E-state index contributed by atoms with van der Waals surface area (Å²) in [7, 11) is 0. The molecule has 0 N–H and O–H groups in total. The standard InChI is InChI=1S/2C34H33ClN2O.Cu/c2*1-25(2)18-20-37-31-17-16-28(35)21-29(31)34(23-26-11-5-3-6-12-26,24-27-13-7-4-8-14-27)33(37)22-32(38)30-15-9-10-19-36-30;/h2*3-17,19,21-22,25H,18,20,23-24H2,1-2H3;/q;;+2/b2*33-22-;. The Kier molecular flexibility index (Phi) is 19.0. The number of pyridine rings is 2. The molecular weight excluding hydrogens is 1040 g/mol. The van der Waals surface area contributed by atoms with E-state index in [0.29, 0.717) is 33.3 Å². The van der Waals surface area contributed by atoms with Crippen LogP contribution in [0.5, 0.6) is 0 Å². The van der Waals surface area contributed by atoms with Crippen molar-refractivity contribution >= 4 is 46.1 Å². The van der Waals surface area contributed by atoms with Gasteiger partial charge in [0.05, 0.1) is 0 Å². The van der Waals surface area contributed by atoms with Crippen LogP contribution in [0.4, 0.5) is 11.4 Å². The van der Waals surface area contributed by atoms with Gasteiger partial charge in [0, 0.05) is 81.3 Å². The smallest absolute Gasteiger partial charge is 0.344 e. The number of halogens is 2. The summed E-state index contributed by atoms with van der Waals surface area (Å²) in [6.07, 6.45) is 12.0. The summed E-state index contributed by atoms with van der Waals surface area (Å²) in [6, 6.07) is 65.6. The molecule has 0 bridgehead atoms. The van der Waals surface area contributed by atoms with E-state index in [1.807, 2.05) is 72.8 Å². The molecule has 0 spiro atoms. The monoisotopic (exact) mass is 1100 g/mol. The minimum absolute atomic E-state index is 0. The van der Waals surface area contributed by atoms with E-state index >= 15 is 0 Å². The van der Waals surface area contributed by atoms with Crippen LogP contribution in [0, 0.1) is 11.8 Å². The van der Waals surface area contributed by atoms with Gasteiger partial charge in [-0.1, -0.05) is 184 Å². The molecular formula is C68H66Cl2CuN4O2+2. The molecule has 0 saturated heterocycles. The Bertz CT molecular complexity index is 2980. The van der Waals surface area contributed by atoms with Crippen LogP contribution in [-0.2, 0) is 53.6 Å². The second-order valence-corrected chi connectivity index (χ2v) is 21.9. The Balaban J connectivity index is 0.000000201. The van der Waals surface area contributed by atoms with E-state index in [1.54, 1.807) is 24.5 Å². The zero-order chi connectivity index (χ0) is 53.1. The minimum Gasteiger partial charge on any atom is -0.344 e. The summed E-state index contributed by atoms with van der Waals surface area (Å²) in [5, 5.41) is 1.41. The number of aromatic nitrogens is 2. The number of benzene rings is 6. The molecule has 0 atom stereocenters. The molecule has 0 saturated carbocycles. The van der Waals surface area contributed by atoms with Crippen molar-refractivity contribution in [2.24, 2.45) is 11.8 Å². The SMILES string of the molecule is CC(C)CCN1/C(=C\C(=O)c2ccccn2)C(Cc2ccccc2)(Cc2ccccc2)c2cc(Cl)ccc21.CC(C)CCN1/C(=C\C(=O)c2ccccn2)C(Cc2ccccc2)(Cc2ccccc2)c2cc(Cl)ccc21.[Cu+2]. The van der Waals surface area contributed by atoms with Gasteiger partial charge in [0.25, 0.3) is 0 Å². The number of ketones is 2. The van der Waals surface area contributed by atoms with Crippen molar-refractivity contribution in [3.8, 4) is 0 Å². The summed E-state index contributed by atoms with van der Waals surface area (Å²) in [6.45, 7) is 10.6. The fraction of sp³-hybridized carbons (Fsp3) is 0.235. The van der Waals surface area contributed by atoms with Crippen molar-refractivity contribution in [3.63, 3.8) is 0 Å². The number of hydrogen-bond donors (Lipinski definition) is 0. The van der Waals surface area contributed by atoms with Crippen molar-refractivity contribution in [3.05, 3.63) is 285 Å². The number of hydrogen-bond acceptors (Lipinski definition) is 6. The molecule has 0 unspecified atom stereocenters. The molecule has 2 aromatic heterocycles. The first kappa shape index (κ1) is 56.3. The molecule has 8 aromatic rings. The van der Waals surface area contributed by atoms with Gasteiger partial charge >= 0.3 is 17.1 Å². The van der Waals surface area contributed by atoms with Crippen LogP contribution in [0.2, 0.25) is 10.0 Å². The van der Waals surface area contributed by atoms with Crippen LogP contribution in [0.15, 0.2) is 230 Å². The summed E-state index contributed by atoms with van der Waals surface area (Å²) in [4.78, 5) is 40.9. The van der Waals surface area contributed by atoms with E-state index in [2.05, 4.69) is 169 Å². The quantitative estimate of drug-likeness (QED) is 0.0485. The number of anilines is 2. The summed E-state index contributed by atoms with van der Waals surface area (Å²) >= 11 is 13.3. The molecule has 2 aliphatic rings. The third kappa shape index (κ3) is 13.3. The van der Waals surface area contributed by atoms with Gasteiger partial charge in [-0.05, 0) is 144 Å². The maximum absolute atomic E-state index is 13.7. The van der Waals surface area contributed by atoms with Crippen LogP contribution in [-0.4, -0.2) is 34.6 Å². The largest absolute Gasteiger partial charge is 2.00 e. The predicted molar refractivity (Wildman–Crippen MR) is 314 cm³/mol.